The summed E-state index contributed by atoms with van der Waals surface area (Å²) in [6.07, 6.45) is 3.61. The van der Waals surface area contributed by atoms with Crippen molar-refractivity contribution in [1.82, 2.24) is 15.6 Å². The molecule has 0 saturated carbocycles. The normalized spacial score (nSPS) is 10.8. The molecule has 7 nitrogen and oxygen atoms in total. The maximum atomic E-state index is 12.3. The number of amides is 1. The van der Waals surface area contributed by atoms with E-state index in [0.29, 0.717) is 22.9 Å². The van der Waals surface area contributed by atoms with Crippen molar-refractivity contribution in [3.8, 4) is 22.8 Å². The molecule has 0 radical (unpaired) electrons. The fraction of sp³-hybridized carbons (Fsp3) is 0.150. The van der Waals surface area contributed by atoms with Gasteiger partial charge in [-0.25, -0.2) is 5.43 Å². The molecule has 3 rings (SSSR count). The Balaban J connectivity index is 1.67. The SMILES string of the molecule is COc1ccc(-c2cc(C(=O)NN=Cc3ccc(SC)cc3)[nH]n2)cc1OC. The molecule has 1 amide bonds. The lowest BCUT2D eigenvalue weighted by Crippen LogP contribution is -2.17. The number of rotatable bonds is 7. The molecule has 2 N–H and O–H groups in total. The van der Waals surface area contributed by atoms with Gasteiger partial charge in [0, 0.05) is 10.5 Å². The summed E-state index contributed by atoms with van der Waals surface area (Å²) >= 11 is 1.67. The third-order valence-corrected chi connectivity index (χ3v) is 4.74. The summed E-state index contributed by atoms with van der Waals surface area (Å²) in [6, 6.07) is 15.0. The average Bonchev–Trinajstić information content (AvgIpc) is 3.24. The van der Waals surface area contributed by atoms with Crippen LogP contribution in [0.2, 0.25) is 0 Å². The Kier molecular flexibility index (Phi) is 6.33. The molecule has 0 atom stereocenters. The summed E-state index contributed by atoms with van der Waals surface area (Å²) in [6.45, 7) is 0. The highest BCUT2D eigenvalue weighted by molar-refractivity contribution is 7.98. The first-order valence-corrected chi connectivity index (χ1v) is 9.62. The number of hydrazone groups is 1. The monoisotopic (exact) mass is 396 g/mol. The van der Waals surface area contributed by atoms with Gasteiger partial charge in [-0.2, -0.15) is 10.2 Å². The smallest absolute Gasteiger partial charge is 0.289 e. The van der Waals surface area contributed by atoms with E-state index < -0.39 is 0 Å². The Labute approximate surface area is 167 Å². The molecule has 28 heavy (non-hydrogen) atoms. The third kappa shape index (κ3) is 4.52. The van der Waals surface area contributed by atoms with Crippen molar-refractivity contribution in [2.24, 2.45) is 5.10 Å². The van der Waals surface area contributed by atoms with Crippen LogP contribution in [-0.4, -0.2) is 42.8 Å². The van der Waals surface area contributed by atoms with E-state index in [1.165, 1.54) is 4.90 Å². The molecule has 0 aliphatic carbocycles. The molecule has 144 valence electrons. The molecule has 0 unspecified atom stereocenters. The standard InChI is InChI=1S/C20H20N4O3S/c1-26-18-9-6-14(10-19(18)27-2)16-11-17(23-22-16)20(25)24-21-12-13-4-7-15(28-3)8-5-13/h4-12H,1-3H3,(H,22,23)(H,24,25). The Hall–Kier alpha value is -3.26. The number of carbonyl (C=O) groups is 1. The van der Waals surface area contributed by atoms with E-state index in [2.05, 4.69) is 20.7 Å². The van der Waals surface area contributed by atoms with Crippen molar-refractivity contribution in [3.05, 3.63) is 59.8 Å². The number of carbonyl (C=O) groups excluding carboxylic acids is 1. The maximum absolute atomic E-state index is 12.3. The molecular formula is C20H20N4O3S. The molecule has 1 aromatic heterocycles. The van der Waals surface area contributed by atoms with Crippen molar-refractivity contribution in [1.29, 1.82) is 0 Å². The second-order valence-electron chi connectivity index (χ2n) is 5.71. The van der Waals surface area contributed by atoms with Crippen LogP contribution in [0.4, 0.5) is 0 Å². The van der Waals surface area contributed by atoms with E-state index in [0.717, 1.165) is 11.1 Å². The fourth-order valence-corrected chi connectivity index (χ4v) is 2.91. The van der Waals surface area contributed by atoms with E-state index in [1.54, 1.807) is 50.4 Å². The number of ether oxygens (including phenoxy) is 2. The van der Waals surface area contributed by atoms with Crippen LogP contribution in [0.1, 0.15) is 16.1 Å². The van der Waals surface area contributed by atoms with E-state index in [1.807, 2.05) is 36.6 Å². The highest BCUT2D eigenvalue weighted by atomic mass is 32.2. The van der Waals surface area contributed by atoms with Gasteiger partial charge in [0.25, 0.3) is 5.91 Å². The van der Waals surface area contributed by atoms with E-state index in [9.17, 15) is 4.79 Å². The lowest BCUT2D eigenvalue weighted by atomic mass is 10.1. The van der Waals surface area contributed by atoms with Gasteiger partial charge in [0.05, 0.1) is 26.1 Å². The van der Waals surface area contributed by atoms with Crippen molar-refractivity contribution < 1.29 is 14.3 Å². The minimum Gasteiger partial charge on any atom is -0.493 e. The lowest BCUT2D eigenvalue weighted by molar-refractivity contribution is 0.0950. The number of methoxy groups -OCH3 is 2. The Morgan fingerprint density at radius 1 is 1.11 bits per heavy atom. The molecule has 0 bridgehead atoms. The minimum atomic E-state index is -0.379. The molecule has 2 aromatic carbocycles. The number of benzene rings is 2. The van der Waals surface area contributed by atoms with Crippen LogP contribution in [0.15, 0.2) is 58.5 Å². The first-order chi connectivity index (χ1) is 13.6. The van der Waals surface area contributed by atoms with Gasteiger partial charge in [-0.1, -0.05) is 12.1 Å². The van der Waals surface area contributed by atoms with Crippen molar-refractivity contribution in [2.45, 2.75) is 4.90 Å². The summed E-state index contributed by atoms with van der Waals surface area (Å²) in [5.74, 6) is 0.835. The van der Waals surface area contributed by atoms with Gasteiger partial charge in [-0.15, -0.1) is 11.8 Å². The number of thioether (sulfide) groups is 1. The summed E-state index contributed by atoms with van der Waals surface area (Å²) in [7, 11) is 3.14. The van der Waals surface area contributed by atoms with Crippen LogP contribution in [0.3, 0.4) is 0 Å². The molecule has 8 heteroatoms. The van der Waals surface area contributed by atoms with Gasteiger partial charge in [-0.3, -0.25) is 9.89 Å². The Morgan fingerprint density at radius 2 is 1.86 bits per heavy atom. The zero-order chi connectivity index (χ0) is 19.9. The number of nitrogens with zero attached hydrogens (tertiary/aromatic N) is 2. The predicted octanol–water partition coefficient (Wildman–Crippen LogP) is 3.58. The lowest BCUT2D eigenvalue weighted by Gasteiger charge is -2.08. The second-order valence-corrected chi connectivity index (χ2v) is 6.59. The topological polar surface area (TPSA) is 88.6 Å². The quantitative estimate of drug-likeness (QED) is 0.362. The van der Waals surface area contributed by atoms with Crippen LogP contribution in [-0.2, 0) is 0 Å². The highest BCUT2D eigenvalue weighted by Gasteiger charge is 2.12. The van der Waals surface area contributed by atoms with Gasteiger partial charge < -0.3 is 9.47 Å². The summed E-state index contributed by atoms with van der Waals surface area (Å²) in [5, 5.41) is 10.9. The first kappa shape index (κ1) is 19.5. The number of aromatic nitrogens is 2. The molecule has 0 fully saturated rings. The summed E-state index contributed by atoms with van der Waals surface area (Å²) in [5.41, 5.74) is 5.10. The van der Waals surface area contributed by atoms with E-state index >= 15 is 0 Å². The number of hydrogen-bond acceptors (Lipinski definition) is 6. The number of H-pyrrole nitrogens is 1. The zero-order valence-electron chi connectivity index (χ0n) is 15.7. The molecule has 1 heterocycles. The molecule has 3 aromatic rings. The predicted molar refractivity (Wildman–Crippen MR) is 110 cm³/mol. The average molecular weight is 396 g/mol. The van der Waals surface area contributed by atoms with Gasteiger partial charge >= 0.3 is 0 Å². The fourth-order valence-electron chi connectivity index (χ4n) is 2.50. The Morgan fingerprint density at radius 3 is 2.54 bits per heavy atom. The number of hydrogen-bond donors (Lipinski definition) is 2. The summed E-state index contributed by atoms with van der Waals surface area (Å²) < 4.78 is 10.5. The van der Waals surface area contributed by atoms with E-state index in [4.69, 9.17) is 9.47 Å². The molecule has 0 saturated heterocycles. The van der Waals surface area contributed by atoms with Gasteiger partial charge in [0.2, 0.25) is 0 Å². The largest absolute Gasteiger partial charge is 0.493 e. The zero-order valence-corrected chi connectivity index (χ0v) is 16.5. The molecular weight excluding hydrogens is 376 g/mol. The number of aromatic amines is 1. The van der Waals surface area contributed by atoms with Gasteiger partial charge in [0.1, 0.15) is 5.69 Å². The van der Waals surface area contributed by atoms with Crippen molar-refractivity contribution in [2.75, 3.05) is 20.5 Å². The van der Waals surface area contributed by atoms with Gasteiger partial charge in [0.15, 0.2) is 11.5 Å². The van der Waals surface area contributed by atoms with Crippen molar-refractivity contribution in [3.63, 3.8) is 0 Å². The first-order valence-electron chi connectivity index (χ1n) is 8.40. The van der Waals surface area contributed by atoms with Crippen LogP contribution >= 0.6 is 11.8 Å². The van der Waals surface area contributed by atoms with Crippen molar-refractivity contribution >= 4 is 23.9 Å². The highest BCUT2D eigenvalue weighted by Crippen LogP contribution is 2.31. The second kappa shape index (κ2) is 9.09. The molecule has 0 spiro atoms. The van der Waals surface area contributed by atoms with Crippen LogP contribution in [0.25, 0.3) is 11.3 Å². The summed E-state index contributed by atoms with van der Waals surface area (Å²) in [4.78, 5) is 13.4. The number of nitrogens with one attached hydrogen (secondary N) is 2. The molecule has 0 aliphatic rings. The third-order valence-electron chi connectivity index (χ3n) is 4.00. The van der Waals surface area contributed by atoms with Crippen LogP contribution in [0, 0.1) is 0 Å². The Bertz CT molecular complexity index is 983. The van der Waals surface area contributed by atoms with Crippen LogP contribution in [0.5, 0.6) is 11.5 Å². The molecule has 0 aliphatic heterocycles. The van der Waals surface area contributed by atoms with E-state index in [-0.39, 0.29) is 5.91 Å². The maximum Gasteiger partial charge on any atom is 0.289 e. The van der Waals surface area contributed by atoms with Crippen LogP contribution < -0.4 is 14.9 Å². The van der Waals surface area contributed by atoms with Gasteiger partial charge in [-0.05, 0) is 48.2 Å². The minimum absolute atomic E-state index is 0.305.